The highest BCUT2D eigenvalue weighted by Gasteiger charge is 2.07. The van der Waals surface area contributed by atoms with Crippen LogP contribution in [0.2, 0.25) is 5.02 Å². The lowest BCUT2D eigenvalue weighted by Gasteiger charge is -2.19. The van der Waals surface area contributed by atoms with Crippen molar-refractivity contribution >= 4 is 34.8 Å². The molecule has 0 unspecified atom stereocenters. The van der Waals surface area contributed by atoms with Crippen LogP contribution < -0.4 is 15.5 Å². The van der Waals surface area contributed by atoms with E-state index in [1.807, 2.05) is 36.2 Å². The summed E-state index contributed by atoms with van der Waals surface area (Å²) in [5, 5.41) is 6.23. The number of halogens is 1. The molecule has 0 aliphatic carbocycles. The molecule has 0 saturated heterocycles. The van der Waals surface area contributed by atoms with Gasteiger partial charge in [0.2, 0.25) is 5.91 Å². The Bertz CT molecular complexity index is 716. The van der Waals surface area contributed by atoms with Crippen molar-refractivity contribution in [3.05, 3.63) is 59.1 Å². The average molecular weight is 346 g/mol. The molecular formula is C18H20ClN3O2. The van der Waals surface area contributed by atoms with Gasteiger partial charge in [0.15, 0.2) is 0 Å². The van der Waals surface area contributed by atoms with Gasteiger partial charge in [-0.15, -0.1) is 0 Å². The van der Waals surface area contributed by atoms with E-state index in [9.17, 15) is 9.59 Å². The predicted molar refractivity (Wildman–Crippen MR) is 97.8 cm³/mol. The van der Waals surface area contributed by atoms with Gasteiger partial charge in [0.05, 0.1) is 0 Å². The van der Waals surface area contributed by atoms with Crippen molar-refractivity contribution in [2.24, 2.45) is 0 Å². The number of likely N-dealkylation sites (N-methyl/N-ethyl adjacent to an activating group) is 1. The lowest BCUT2D eigenvalue weighted by atomic mass is 10.2. The maximum absolute atomic E-state index is 12.2. The second-order valence-corrected chi connectivity index (χ2v) is 5.85. The van der Waals surface area contributed by atoms with Gasteiger partial charge in [-0.3, -0.25) is 9.59 Å². The third-order valence-electron chi connectivity index (χ3n) is 3.45. The minimum Gasteiger partial charge on any atom is -0.373 e. The zero-order valence-corrected chi connectivity index (χ0v) is 14.4. The molecule has 0 atom stereocenters. The number of carbonyl (C=O) groups excluding carboxylic acids is 2. The summed E-state index contributed by atoms with van der Waals surface area (Å²) in [6.45, 7) is 2.60. The third kappa shape index (κ3) is 5.28. The van der Waals surface area contributed by atoms with E-state index >= 15 is 0 Å². The Kier molecular flexibility index (Phi) is 6.21. The molecule has 0 spiro atoms. The molecule has 24 heavy (non-hydrogen) atoms. The van der Waals surface area contributed by atoms with Crippen LogP contribution in [0.4, 0.5) is 11.4 Å². The molecule has 0 bridgehead atoms. The summed E-state index contributed by atoms with van der Waals surface area (Å²) in [5.74, 6) is -0.344. The van der Waals surface area contributed by atoms with E-state index in [1.54, 1.807) is 24.3 Å². The Morgan fingerprint density at radius 3 is 2.50 bits per heavy atom. The maximum atomic E-state index is 12.2. The standard InChI is InChI=1S/C18H20ClN3O2/c1-13(23)21-16-5-3-4-14(12-16)18(24)20-10-11-22(2)17-8-6-15(19)7-9-17/h3-9,12H,10-11H2,1-2H3,(H,20,24)(H,21,23). The van der Waals surface area contributed by atoms with Crippen molar-refractivity contribution in [2.45, 2.75) is 6.92 Å². The van der Waals surface area contributed by atoms with Crippen LogP contribution in [0.15, 0.2) is 48.5 Å². The van der Waals surface area contributed by atoms with Crippen molar-refractivity contribution in [1.29, 1.82) is 0 Å². The number of carbonyl (C=O) groups is 2. The second-order valence-electron chi connectivity index (χ2n) is 5.42. The fraction of sp³-hybridized carbons (Fsp3) is 0.222. The van der Waals surface area contributed by atoms with E-state index < -0.39 is 0 Å². The van der Waals surface area contributed by atoms with Gasteiger partial charge >= 0.3 is 0 Å². The highest BCUT2D eigenvalue weighted by Crippen LogP contribution is 2.16. The molecule has 0 aliphatic rings. The minimum absolute atomic E-state index is 0.169. The van der Waals surface area contributed by atoms with Gasteiger partial charge in [0.25, 0.3) is 5.91 Å². The van der Waals surface area contributed by atoms with Crippen molar-refractivity contribution in [3.8, 4) is 0 Å². The summed E-state index contributed by atoms with van der Waals surface area (Å²) in [4.78, 5) is 25.3. The molecule has 0 fully saturated rings. The number of hydrogen-bond donors (Lipinski definition) is 2. The van der Waals surface area contributed by atoms with Gasteiger partial charge in [-0.2, -0.15) is 0 Å². The lowest BCUT2D eigenvalue weighted by molar-refractivity contribution is -0.114. The Balaban J connectivity index is 1.86. The SMILES string of the molecule is CC(=O)Nc1cccc(C(=O)NCCN(C)c2ccc(Cl)cc2)c1. The van der Waals surface area contributed by atoms with Crippen LogP contribution in [0, 0.1) is 0 Å². The molecule has 0 heterocycles. The molecular weight excluding hydrogens is 326 g/mol. The molecule has 2 N–H and O–H groups in total. The Morgan fingerprint density at radius 1 is 1.12 bits per heavy atom. The number of hydrogen-bond acceptors (Lipinski definition) is 3. The molecule has 0 saturated carbocycles. The molecule has 2 amide bonds. The number of nitrogens with zero attached hydrogens (tertiary/aromatic N) is 1. The first kappa shape index (κ1) is 17.8. The van der Waals surface area contributed by atoms with Crippen LogP contribution in [-0.4, -0.2) is 32.0 Å². The summed E-state index contributed by atoms with van der Waals surface area (Å²) in [6.07, 6.45) is 0. The molecule has 2 rings (SSSR count). The highest BCUT2D eigenvalue weighted by atomic mass is 35.5. The third-order valence-corrected chi connectivity index (χ3v) is 3.70. The normalized spacial score (nSPS) is 10.1. The largest absolute Gasteiger partial charge is 0.373 e. The molecule has 0 aromatic heterocycles. The fourth-order valence-electron chi connectivity index (χ4n) is 2.21. The topological polar surface area (TPSA) is 61.4 Å². The van der Waals surface area contributed by atoms with E-state index in [0.717, 1.165) is 5.69 Å². The number of amides is 2. The Labute approximate surface area is 146 Å². The first-order valence-electron chi connectivity index (χ1n) is 7.58. The van der Waals surface area contributed by atoms with E-state index in [4.69, 9.17) is 11.6 Å². The summed E-state index contributed by atoms with van der Waals surface area (Å²) in [7, 11) is 1.95. The molecule has 126 valence electrons. The Morgan fingerprint density at radius 2 is 1.83 bits per heavy atom. The van der Waals surface area contributed by atoms with Crippen LogP contribution in [0.5, 0.6) is 0 Å². The maximum Gasteiger partial charge on any atom is 0.251 e. The van der Waals surface area contributed by atoms with E-state index in [2.05, 4.69) is 10.6 Å². The lowest BCUT2D eigenvalue weighted by Crippen LogP contribution is -2.33. The number of benzene rings is 2. The van der Waals surface area contributed by atoms with Gasteiger partial charge in [-0.05, 0) is 42.5 Å². The van der Waals surface area contributed by atoms with Crippen molar-refractivity contribution in [3.63, 3.8) is 0 Å². The van der Waals surface area contributed by atoms with Crippen molar-refractivity contribution in [2.75, 3.05) is 30.4 Å². The van der Waals surface area contributed by atoms with Gasteiger partial charge in [-0.1, -0.05) is 17.7 Å². The highest BCUT2D eigenvalue weighted by molar-refractivity contribution is 6.30. The minimum atomic E-state index is -0.174. The number of anilines is 2. The summed E-state index contributed by atoms with van der Waals surface area (Å²) >= 11 is 5.87. The zero-order valence-electron chi connectivity index (χ0n) is 13.7. The number of nitrogens with one attached hydrogen (secondary N) is 2. The van der Waals surface area contributed by atoms with E-state index in [0.29, 0.717) is 29.4 Å². The van der Waals surface area contributed by atoms with Crippen LogP contribution in [-0.2, 0) is 4.79 Å². The molecule has 2 aromatic rings. The van der Waals surface area contributed by atoms with Crippen LogP contribution in [0.1, 0.15) is 17.3 Å². The van der Waals surface area contributed by atoms with E-state index in [1.165, 1.54) is 6.92 Å². The molecule has 5 nitrogen and oxygen atoms in total. The molecule has 2 aromatic carbocycles. The fourth-order valence-corrected chi connectivity index (χ4v) is 2.33. The van der Waals surface area contributed by atoms with Crippen LogP contribution >= 0.6 is 11.6 Å². The second kappa shape index (κ2) is 8.36. The first-order valence-corrected chi connectivity index (χ1v) is 7.96. The monoisotopic (exact) mass is 345 g/mol. The van der Waals surface area contributed by atoms with Gasteiger partial charge in [-0.25, -0.2) is 0 Å². The zero-order chi connectivity index (χ0) is 17.5. The van der Waals surface area contributed by atoms with E-state index in [-0.39, 0.29) is 11.8 Å². The van der Waals surface area contributed by atoms with Gasteiger partial charge in [0, 0.05) is 49.0 Å². The quantitative estimate of drug-likeness (QED) is 0.845. The average Bonchev–Trinajstić information content (AvgIpc) is 2.55. The number of rotatable bonds is 6. The predicted octanol–water partition coefficient (Wildman–Crippen LogP) is 3.16. The first-order chi connectivity index (χ1) is 11.5. The van der Waals surface area contributed by atoms with Crippen LogP contribution in [0.3, 0.4) is 0 Å². The van der Waals surface area contributed by atoms with Gasteiger partial charge in [0.1, 0.15) is 0 Å². The molecule has 0 radical (unpaired) electrons. The summed E-state index contributed by atoms with van der Waals surface area (Å²) in [6, 6.07) is 14.4. The smallest absolute Gasteiger partial charge is 0.251 e. The van der Waals surface area contributed by atoms with Crippen molar-refractivity contribution in [1.82, 2.24) is 5.32 Å². The molecule has 0 aliphatic heterocycles. The Hall–Kier alpha value is -2.53. The molecule has 6 heteroatoms. The summed E-state index contributed by atoms with van der Waals surface area (Å²) < 4.78 is 0. The van der Waals surface area contributed by atoms with Crippen molar-refractivity contribution < 1.29 is 9.59 Å². The summed E-state index contributed by atoms with van der Waals surface area (Å²) in [5.41, 5.74) is 2.14. The van der Waals surface area contributed by atoms with Gasteiger partial charge < -0.3 is 15.5 Å². The van der Waals surface area contributed by atoms with Crippen LogP contribution in [0.25, 0.3) is 0 Å².